The number of nitrogens with zero attached hydrogens (tertiary/aromatic N) is 2. The molecule has 0 aliphatic rings. The Morgan fingerprint density at radius 1 is 0.792 bits per heavy atom. The minimum Gasteiger partial charge on any atom is -0.295 e. The molecule has 0 fully saturated rings. The molecule has 0 unspecified atom stereocenters. The number of para-hydroxylation sites is 1. The highest BCUT2D eigenvalue weighted by Gasteiger charge is 2.14. The number of hydrogen-bond acceptors (Lipinski definition) is 6. The normalized spacial score (nSPS) is 9.42. The monoisotopic (exact) mass is 330 g/mol. The van der Waals surface area contributed by atoms with Gasteiger partial charge in [-0.3, -0.25) is 29.8 Å². The van der Waals surface area contributed by atoms with Crippen LogP contribution in [0.4, 0.5) is 11.4 Å². The Labute approximate surface area is 137 Å². The molecule has 0 amide bonds. The largest absolute Gasteiger partial charge is 0.295 e. The molecule has 0 saturated heterocycles. The lowest BCUT2D eigenvalue weighted by molar-refractivity contribution is -0.385. The summed E-state index contributed by atoms with van der Waals surface area (Å²) < 4.78 is 0. The fraction of sp³-hybridized carbons (Fsp3) is 0.125. The van der Waals surface area contributed by atoms with Crippen molar-refractivity contribution >= 4 is 22.9 Å². The van der Waals surface area contributed by atoms with Crippen LogP contribution in [0.3, 0.4) is 0 Å². The molecule has 0 aliphatic heterocycles. The van der Waals surface area contributed by atoms with Gasteiger partial charge in [0.25, 0.3) is 11.4 Å². The lowest BCUT2D eigenvalue weighted by Gasteiger charge is -1.95. The molecule has 124 valence electrons. The van der Waals surface area contributed by atoms with Gasteiger partial charge in [0.2, 0.25) is 0 Å². The van der Waals surface area contributed by atoms with Crippen molar-refractivity contribution in [3.63, 3.8) is 0 Å². The lowest BCUT2D eigenvalue weighted by Crippen LogP contribution is -1.98. The van der Waals surface area contributed by atoms with Gasteiger partial charge in [0.1, 0.15) is 0 Å². The maximum atomic E-state index is 10.9. The van der Waals surface area contributed by atoms with E-state index in [1.807, 2.05) is 0 Å². The summed E-state index contributed by atoms with van der Waals surface area (Å²) in [6.45, 7) is 2.73. The van der Waals surface area contributed by atoms with Gasteiger partial charge in [-0.2, -0.15) is 0 Å². The summed E-state index contributed by atoms with van der Waals surface area (Å²) in [4.78, 5) is 41.2. The zero-order valence-electron chi connectivity index (χ0n) is 13.0. The van der Waals surface area contributed by atoms with Gasteiger partial charge in [-0.15, -0.1) is 0 Å². The standard InChI is InChI=1S/2C8H7NO3/c1-6(10)7-2-4-8(5-3-7)9(11)12;1-6(10)7-4-2-3-5-8(7)9(11)12/h2*2-5H,1H3. The van der Waals surface area contributed by atoms with Crippen LogP contribution in [0.1, 0.15) is 34.6 Å². The number of benzene rings is 2. The van der Waals surface area contributed by atoms with E-state index < -0.39 is 9.85 Å². The van der Waals surface area contributed by atoms with Crippen molar-refractivity contribution in [2.75, 3.05) is 0 Å². The highest BCUT2D eigenvalue weighted by Crippen LogP contribution is 2.17. The highest BCUT2D eigenvalue weighted by atomic mass is 16.6. The average Bonchev–Trinajstić information content (AvgIpc) is 2.55. The molecule has 0 aliphatic carbocycles. The van der Waals surface area contributed by atoms with Gasteiger partial charge < -0.3 is 0 Å². The van der Waals surface area contributed by atoms with Crippen molar-refractivity contribution in [2.45, 2.75) is 13.8 Å². The summed E-state index contributed by atoms with van der Waals surface area (Å²) in [5.41, 5.74) is 0.508. The van der Waals surface area contributed by atoms with Crippen LogP contribution >= 0.6 is 0 Å². The Morgan fingerprint density at radius 2 is 1.33 bits per heavy atom. The molecule has 2 rings (SSSR count). The maximum absolute atomic E-state index is 10.9. The number of ketones is 2. The Balaban J connectivity index is 0.000000240. The molecular weight excluding hydrogens is 316 g/mol. The number of nitro groups is 2. The summed E-state index contributed by atoms with van der Waals surface area (Å²) in [7, 11) is 0. The van der Waals surface area contributed by atoms with Crippen molar-refractivity contribution in [1.29, 1.82) is 0 Å². The van der Waals surface area contributed by atoms with Crippen LogP contribution in [0.2, 0.25) is 0 Å². The molecule has 0 radical (unpaired) electrons. The zero-order valence-corrected chi connectivity index (χ0v) is 13.0. The number of non-ortho nitro benzene ring substituents is 1. The van der Waals surface area contributed by atoms with E-state index in [-0.39, 0.29) is 28.5 Å². The van der Waals surface area contributed by atoms with Gasteiger partial charge in [0, 0.05) is 23.8 Å². The van der Waals surface area contributed by atoms with Crippen LogP contribution in [0, 0.1) is 20.2 Å². The molecule has 2 aromatic rings. The van der Waals surface area contributed by atoms with Crippen LogP contribution in [0.25, 0.3) is 0 Å². The minimum atomic E-state index is -0.559. The molecule has 0 N–H and O–H groups in total. The van der Waals surface area contributed by atoms with E-state index in [9.17, 15) is 29.8 Å². The second-order valence-corrected chi connectivity index (χ2v) is 4.69. The first kappa shape index (κ1) is 18.6. The predicted molar refractivity (Wildman–Crippen MR) is 86.2 cm³/mol. The van der Waals surface area contributed by atoms with E-state index in [0.717, 1.165) is 0 Å². The molecule has 24 heavy (non-hydrogen) atoms. The SMILES string of the molecule is CC(=O)c1ccc([N+](=O)[O-])cc1.CC(=O)c1ccccc1[N+](=O)[O-]. The molecule has 0 bridgehead atoms. The van der Waals surface area contributed by atoms with Gasteiger partial charge in [-0.05, 0) is 32.0 Å². The van der Waals surface area contributed by atoms with Crippen molar-refractivity contribution in [2.24, 2.45) is 0 Å². The molecule has 0 heterocycles. The second-order valence-electron chi connectivity index (χ2n) is 4.69. The summed E-state index contributed by atoms with van der Waals surface area (Å²) in [5, 5.41) is 20.6. The summed E-state index contributed by atoms with van der Waals surface area (Å²) in [6.07, 6.45) is 0. The summed E-state index contributed by atoms with van der Waals surface area (Å²) in [6, 6.07) is 11.4. The number of Topliss-reactive ketones (excluding diaryl/α,β-unsaturated/α-hetero) is 2. The average molecular weight is 330 g/mol. The van der Waals surface area contributed by atoms with E-state index in [1.54, 1.807) is 6.07 Å². The first-order valence-electron chi connectivity index (χ1n) is 6.73. The van der Waals surface area contributed by atoms with Crippen molar-refractivity contribution in [3.8, 4) is 0 Å². The Kier molecular flexibility index (Phi) is 6.42. The fourth-order valence-corrected chi connectivity index (χ4v) is 1.75. The number of hydrogen-bond donors (Lipinski definition) is 0. The van der Waals surface area contributed by atoms with E-state index in [2.05, 4.69) is 0 Å². The number of carbonyl (C=O) groups excluding carboxylic acids is 2. The Morgan fingerprint density at radius 3 is 1.71 bits per heavy atom. The fourth-order valence-electron chi connectivity index (χ4n) is 1.75. The van der Waals surface area contributed by atoms with Gasteiger partial charge >= 0.3 is 0 Å². The lowest BCUT2D eigenvalue weighted by atomic mass is 10.1. The second kappa shape index (κ2) is 8.28. The van der Waals surface area contributed by atoms with Crippen LogP contribution in [-0.4, -0.2) is 21.4 Å². The third-order valence-electron chi connectivity index (χ3n) is 2.96. The Hall–Kier alpha value is -3.42. The van der Waals surface area contributed by atoms with Crippen LogP contribution < -0.4 is 0 Å². The number of nitro benzene ring substituents is 2. The predicted octanol–water partition coefficient (Wildman–Crippen LogP) is 3.59. The zero-order chi connectivity index (χ0) is 18.3. The molecule has 0 aromatic heterocycles. The van der Waals surface area contributed by atoms with Crippen molar-refractivity contribution in [3.05, 3.63) is 79.9 Å². The first-order valence-corrected chi connectivity index (χ1v) is 6.73. The molecule has 8 nitrogen and oxygen atoms in total. The van der Waals surface area contributed by atoms with Crippen LogP contribution in [0.5, 0.6) is 0 Å². The molecule has 0 atom stereocenters. The first-order chi connectivity index (χ1) is 11.2. The van der Waals surface area contributed by atoms with Gasteiger partial charge in [-0.25, -0.2) is 0 Å². The highest BCUT2D eigenvalue weighted by molar-refractivity contribution is 5.97. The van der Waals surface area contributed by atoms with Gasteiger partial charge in [0.05, 0.1) is 15.4 Å². The van der Waals surface area contributed by atoms with Crippen LogP contribution in [-0.2, 0) is 0 Å². The van der Waals surface area contributed by atoms with Crippen LogP contribution in [0.15, 0.2) is 48.5 Å². The molecule has 0 spiro atoms. The molecule has 8 heteroatoms. The molecule has 0 saturated carbocycles. The smallest absolute Gasteiger partial charge is 0.280 e. The molecular formula is C16H14N2O6. The van der Waals surface area contributed by atoms with E-state index in [4.69, 9.17) is 0 Å². The van der Waals surface area contributed by atoms with Crippen molar-refractivity contribution in [1.82, 2.24) is 0 Å². The summed E-state index contributed by atoms with van der Waals surface area (Å²) in [5.74, 6) is -0.382. The van der Waals surface area contributed by atoms with E-state index >= 15 is 0 Å². The third-order valence-corrected chi connectivity index (χ3v) is 2.96. The number of carbonyl (C=O) groups is 2. The number of rotatable bonds is 4. The quantitative estimate of drug-likeness (QED) is 0.480. The van der Waals surface area contributed by atoms with Gasteiger partial charge in [-0.1, -0.05) is 12.1 Å². The van der Waals surface area contributed by atoms with E-state index in [1.165, 1.54) is 56.3 Å². The van der Waals surface area contributed by atoms with E-state index in [0.29, 0.717) is 5.56 Å². The minimum absolute atomic E-state index is 0.000000000000000222. The Bertz CT molecular complexity index is 717. The summed E-state index contributed by atoms with van der Waals surface area (Å²) >= 11 is 0. The maximum Gasteiger partial charge on any atom is 0.280 e. The topological polar surface area (TPSA) is 120 Å². The molecule has 2 aromatic carbocycles. The van der Waals surface area contributed by atoms with Crippen molar-refractivity contribution < 1.29 is 19.4 Å². The van der Waals surface area contributed by atoms with Gasteiger partial charge in [0.15, 0.2) is 11.6 Å². The third kappa shape index (κ3) is 5.09.